The van der Waals surface area contributed by atoms with E-state index < -0.39 is 5.41 Å². The fourth-order valence-corrected chi connectivity index (χ4v) is 3.49. The zero-order valence-electron chi connectivity index (χ0n) is 14.0. The number of carbonyl (C=O) groups excluding carboxylic acids is 2. The van der Waals surface area contributed by atoms with Gasteiger partial charge in [-0.2, -0.15) is 0 Å². The van der Waals surface area contributed by atoms with Gasteiger partial charge in [0.25, 0.3) is 0 Å². The van der Waals surface area contributed by atoms with Crippen LogP contribution in [0.1, 0.15) is 24.0 Å². The fraction of sp³-hybridized carbons (Fsp3) is 0.200. The molecule has 3 N–H and O–H groups in total. The third kappa shape index (κ3) is 3.06. The van der Waals surface area contributed by atoms with Gasteiger partial charge in [0.15, 0.2) is 0 Å². The Morgan fingerprint density at radius 1 is 1.08 bits per heavy atom. The predicted molar refractivity (Wildman–Crippen MR) is 101 cm³/mol. The lowest BCUT2D eigenvalue weighted by Gasteiger charge is -2.16. The summed E-state index contributed by atoms with van der Waals surface area (Å²) in [6.45, 7) is 0. The largest absolute Gasteiger partial charge is 0.361 e. The summed E-state index contributed by atoms with van der Waals surface area (Å²) in [5, 5.41) is 1.61. The van der Waals surface area contributed by atoms with Gasteiger partial charge < -0.3 is 4.98 Å². The van der Waals surface area contributed by atoms with E-state index in [0.717, 1.165) is 34.9 Å². The molecule has 2 amide bonds. The third-order valence-electron chi connectivity index (χ3n) is 4.90. The Hall–Kier alpha value is -2.79. The number of amides is 2. The lowest BCUT2D eigenvalue weighted by Crippen LogP contribution is -2.47. The number of hydrazine groups is 1. The van der Waals surface area contributed by atoms with Gasteiger partial charge in [-0.15, -0.1) is 0 Å². The first-order chi connectivity index (χ1) is 12.6. The topological polar surface area (TPSA) is 74.0 Å². The van der Waals surface area contributed by atoms with Crippen molar-refractivity contribution in [1.29, 1.82) is 0 Å². The molecule has 2 aromatic carbocycles. The van der Waals surface area contributed by atoms with E-state index in [4.69, 9.17) is 11.6 Å². The molecule has 1 aromatic heterocycles. The summed E-state index contributed by atoms with van der Waals surface area (Å²) >= 11 is 6.03. The van der Waals surface area contributed by atoms with E-state index in [2.05, 4.69) is 15.8 Å². The maximum Gasteiger partial charge on any atom is 0.249 e. The van der Waals surface area contributed by atoms with Gasteiger partial charge in [-0.05, 0) is 42.2 Å². The molecule has 0 radical (unpaired) electrons. The molecule has 3 aromatic rings. The Labute approximate surface area is 155 Å². The predicted octanol–water partition coefficient (Wildman–Crippen LogP) is 3.24. The molecule has 1 heterocycles. The number of carbonyl (C=O) groups is 2. The van der Waals surface area contributed by atoms with Crippen molar-refractivity contribution in [3.63, 3.8) is 0 Å². The zero-order chi connectivity index (χ0) is 18.1. The van der Waals surface area contributed by atoms with Gasteiger partial charge in [0, 0.05) is 22.1 Å². The Balaban J connectivity index is 1.39. The lowest BCUT2D eigenvalue weighted by molar-refractivity contribution is -0.130. The number of benzene rings is 2. The average Bonchev–Trinajstić information content (AvgIpc) is 3.37. The van der Waals surface area contributed by atoms with Crippen LogP contribution in [0, 0.1) is 0 Å². The van der Waals surface area contributed by atoms with Crippen LogP contribution >= 0.6 is 11.6 Å². The number of aromatic amines is 1. The van der Waals surface area contributed by atoms with Crippen molar-refractivity contribution in [3.05, 3.63) is 70.9 Å². The van der Waals surface area contributed by atoms with E-state index >= 15 is 0 Å². The molecule has 5 nitrogen and oxygen atoms in total. The number of nitrogens with one attached hydrogen (secondary N) is 3. The first-order valence-electron chi connectivity index (χ1n) is 8.49. The van der Waals surface area contributed by atoms with E-state index in [1.165, 1.54) is 0 Å². The van der Waals surface area contributed by atoms with Crippen LogP contribution in [0.25, 0.3) is 10.9 Å². The Bertz CT molecular complexity index is 991. The minimum atomic E-state index is -0.584. The second kappa shape index (κ2) is 6.50. The van der Waals surface area contributed by atoms with Gasteiger partial charge in [0.2, 0.25) is 11.8 Å². The number of fused-ring (bicyclic) bond motifs is 1. The molecule has 1 aliphatic rings. The van der Waals surface area contributed by atoms with Crippen molar-refractivity contribution in [3.8, 4) is 0 Å². The zero-order valence-corrected chi connectivity index (χ0v) is 14.8. The van der Waals surface area contributed by atoms with Gasteiger partial charge in [0.1, 0.15) is 0 Å². The highest BCUT2D eigenvalue weighted by Gasteiger charge is 2.51. The van der Waals surface area contributed by atoms with Crippen LogP contribution in [0.4, 0.5) is 0 Å². The summed E-state index contributed by atoms with van der Waals surface area (Å²) in [5.41, 5.74) is 7.28. The normalized spacial score (nSPS) is 14.8. The van der Waals surface area contributed by atoms with Crippen molar-refractivity contribution in [2.24, 2.45) is 0 Å². The van der Waals surface area contributed by atoms with E-state index in [1.807, 2.05) is 48.7 Å². The van der Waals surface area contributed by atoms with Crippen LogP contribution in [0.5, 0.6) is 0 Å². The summed E-state index contributed by atoms with van der Waals surface area (Å²) in [5.74, 6) is -0.461. The Kier molecular flexibility index (Phi) is 4.17. The van der Waals surface area contributed by atoms with Crippen LogP contribution in [-0.4, -0.2) is 16.8 Å². The van der Waals surface area contributed by atoms with Crippen LogP contribution in [-0.2, 0) is 21.4 Å². The molecule has 1 saturated carbocycles. The highest BCUT2D eigenvalue weighted by Crippen LogP contribution is 2.48. The number of H-pyrrole nitrogens is 1. The molecule has 1 aliphatic carbocycles. The maximum absolute atomic E-state index is 12.6. The number of hydrogen-bond donors (Lipinski definition) is 3. The summed E-state index contributed by atoms with van der Waals surface area (Å²) in [4.78, 5) is 28.0. The fourth-order valence-electron chi connectivity index (χ4n) is 3.30. The van der Waals surface area contributed by atoms with Crippen LogP contribution in [0.2, 0.25) is 5.02 Å². The molecule has 132 valence electrons. The molecule has 6 heteroatoms. The van der Waals surface area contributed by atoms with Gasteiger partial charge in [-0.3, -0.25) is 20.4 Å². The highest BCUT2D eigenvalue weighted by atomic mass is 35.5. The first-order valence-corrected chi connectivity index (χ1v) is 8.87. The number of para-hydroxylation sites is 1. The third-order valence-corrected chi connectivity index (χ3v) is 5.14. The molecule has 0 atom stereocenters. The number of rotatable bonds is 4. The van der Waals surface area contributed by atoms with E-state index in [0.29, 0.717) is 5.02 Å². The van der Waals surface area contributed by atoms with Crippen LogP contribution in [0.15, 0.2) is 54.7 Å². The van der Waals surface area contributed by atoms with E-state index in [-0.39, 0.29) is 18.2 Å². The number of halogens is 1. The smallest absolute Gasteiger partial charge is 0.249 e. The number of aromatic nitrogens is 1. The van der Waals surface area contributed by atoms with Gasteiger partial charge in [-0.25, -0.2) is 0 Å². The Morgan fingerprint density at radius 3 is 2.65 bits per heavy atom. The molecule has 0 spiro atoms. The molecular weight excluding hydrogens is 350 g/mol. The van der Waals surface area contributed by atoms with Gasteiger partial charge in [0.05, 0.1) is 11.8 Å². The molecule has 1 fully saturated rings. The van der Waals surface area contributed by atoms with E-state index in [1.54, 1.807) is 6.07 Å². The van der Waals surface area contributed by atoms with Crippen molar-refractivity contribution in [2.45, 2.75) is 24.7 Å². The molecule has 0 saturated heterocycles. The minimum Gasteiger partial charge on any atom is -0.361 e. The monoisotopic (exact) mass is 367 g/mol. The van der Waals surface area contributed by atoms with E-state index in [9.17, 15) is 9.59 Å². The summed E-state index contributed by atoms with van der Waals surface area (Å²) in [7, 11) is 0. The van der Waals surface area contributed by atoms with Crippen LogP contribution in [0.3, 0.4) is 0 Å². The highest BCUT2D eigenvalue weighted by molar-refractivity contribution is 6.30. The van der Waals surface area contributed by atoms with Crippen molar-refractivity contribution >= 4 is 34.3 Å². The quantitative estimate of drug-likeness (QED) is 0.619. The average molecular weight is 368 g/mol. The summed E-state index contributed by atoms with van der Waals surface area (Å²) in [6.07, 6.45) is 3.50. The number of hydrogen-bond acceptors (Lipinski definition) is 2. The molecule has 0 bridgehead atoms. The second-order valence-electron chi connectivity index (χ2n) is 6.63. The molecule has 0 aliphatic heterocycles. The van der Waals surface area contributed by atoms with Crippen molar-refractivity contribution in [2.75, 3.05) is 0 Å². The second-order valence-corrected chi connectivity index (χ2v) is 7.07. The molecular formula is C20H18ClN3O2. The maximum atomic E-state index is 12.6. The molecule has 0 unspecified atom stereocenters. The molecule has 26 heavy (non-hydrogen) atoms. The minimum absolute atomic E-state index is 0.189. The SMILES string of the molecule is O=C(Cc1c[nH]c2ccccc12)NNC(=O)C1(c2cccc(Cl)c2)CC1. The van der Waals surface area contributed by atoms with Crippen molar-refractivity contribution < 1.29 is 9.59 Å². The lowest BCUT2D eigenvalue weighted by atomic mass is 9.95. The molecule has 4 rings (SSSR count). The van der Waals surface area contributed by atoms with Gasteiger partial charge >= 0.3 is 0 Å². The Morgan fingerprint density at radius 2 is 1.88 bits per heavy atom. The van der Waals surface area contributed by atoms with Gasteiger partial charge in [-0.1, -0.05) is 41.9 Å². The van der Waals surface area contributed by atoms with Crippen molar-refractivity contribution in [1.82, 2.24) is 15.8 Å². The summed E-state index contributed by atoms with van der Waals surface area (Å²) in [6, 6.07) is 15.1. The first kappa shape index (κ1) is 16.7. The summed E-state index contributed by atoms with van der Waals surface area (Å²) < 4.78 is 0. The van der Waals surface area contributed by atoms with Crippen LogP contribution < -0.4 is 10.9 Å². The standard InChI is InChI=1S/C20H18ClN3O2/c21-15-5-3-4-14(11-15)20(8-9-20)19(26)24-23-18(25)10-13-12-22-17-7-2-1-6-16(13)17/h1-7,11-12,22H,8-10H2,(H,23,25)(H,24,26).